The standard InChI is InChI=1S/C26H32N4O5S/c1-17-7-9-21(10-8-17)36(33,34)30-15-20(16-31)23-22(30)11-12-27-24(23)28-13-19(3)29(14-18(28)2)25(32)35-26(4,5)6/h7-12,15-16,18-19H,13-14H2,1-6H3/t18-,19+/m0/s1. The minimum Gasteiger partial charge on any atom is -0.444 e. The van der Waals surface area contributed by atoms with Crippen molar-refractivity contribution < 1.29 is 22.7 Å². The zero-order valence-corrected chi connectivity index (χ0v) is 22.2. The highest BCUT2D eigenvalue weighted by Gasteiger charge is 2.36. The predicted molar refractivity (Wildman–Crippen MR) is 138 cm³/mol. The molecule has 1 amide bonds. The summed E-state index contributed by atoms with van der Waals surface area (Å²) in [7, 11) is -3.94. The minimum atomic E-state index is -3.94. The number of nitrogens with zero attached hydrogens (tertiary/aromatic N) is 4. The molecule has 0 unspecified atom stereocenters. The van der Waals surface area contributed by atoms with Gasteiger partial charge in [0, 0.05) is 43.1 Å². The third-order valence-electron chi connectivity index (χ3n) is 6.28. The lowest BCUT2D eigenvalue weighted by Crippen LogP contribution is -2.59. The fraction of sp³-hybridized carbons (Fsp3) is 0.423. The molecule has 192 valence electrons. The predicted octanol–water partition coefficient (Wildman–Crippen LogP) is 4.23. The molecule has 0 radical (unpaired) electrons. The molecule has 1 aromatic carbocycles. The van der Waals surface area contributed by atoms with Gasteiger partial charge in [0.05, 0.1) is 15.8 Å². The van der Waals surface area contributed by atoms with E-state index in [1.165, 1.54) is 6.20 Å². The van der Waals surface area contributed by atoms with E-state index in [9.17, 15) is 18.0 Å². The Kier molecular flexibility index (Phi) is 6.59. The molecule has 1 aliphatic rings. The number of aryl methyl sites for hydroxylation is 1. The highest BCUT2D eigenvalue weighted by Crippen LogP contribution is 2.34. The Labute approximate surface area is 211 Å². The average Bonchev–Trinajstić information content (AvgIpc) is 3.19. The van der Waals surface area contributed by atoms with E-state index in [0.29, 0.717) is 36.1 Å². The van der Waals surface area contributed by atoms with Crippen molar-refractivity contribution in [2.75, 3.05) is 18.0 Å². The van der Waals surface area contributed by atoms with Gasteiger partial charge in [-0.25, -0.2) is 22.2 Å². The van der Waals surface area contributed by atoms with E-state index in [0.717, 1.165) is 9.54 Å². The van der Waals surface area contributed by atoms with Gasteiger partial charge in [0.15, 0.2) is 6.29 Å². The zero-order valence-electron chi connectivity index (χ0n) is 21.4. The monoisotopic (exact) mass is 512 g/mol. The topological polar surface area (TPSA) is 102 Å². The third kappa shape index (κ3) is 4.69. The summed E-state index contributed by atoms with van der Waals surface area (Å²) in [4.78, 5) is 33.2. The summed E-state index contributed by atoms with van der Waals surface area (Å²) >= 11 is 0. The van der Waals surface area contributed by atoms with Gasteiger partial charge >= 0.3 is 6.09 Å². The van der Waals surface area contributed by atoms with E-state index in [1.54, 1.807) is 41.4 Å². The maximum Gasteiger partial charge on any atom is 0.410 e. The van der Waals surface area contributed by atoms with Crippen molar-refractivity contribution in [3.63, 3.8) is 0 Å². The highest BCUT2D eigenvalue weighted by molar-refractivity contribution is 7.90. The van der Waals surface area contributed by atoms with Crippen LogP contribution >= 0.6 is 0 Å². The van der Waals surface area contributed by atoms with Gasteiger partial charge in [-0.1, -0.05) is 17.7 Å². The van der Waals surface area contributed by atoms with Gasteiger partial charge < -0.3 is 14.5 Å². The molecule has 1 saturated heterocycles. The molecule has 3 heterocycles. The fourth-order valence-corrected chi connectivity index (χ4v) is 5.86. The average molecular weight is 513 g/mol. The molecule has 0 bridgehead atoms. The van der Waals surface area contributed by atoms with Crippen LogP contribution in [0.1, 0.15) is 50.5 Å². The molecule has 10 heteroatoms. The third-order valence-corrected chi connectivity index (χ3v) is 7.97. The number of aldehydes is 1. The molecular formula is C26H32N4O5S. The van der Waals surface area contributed by atoms with Crippen LogP contribution in [0.2, 0.25) is 0 Å². The van der Waals surface area contributed by atoms with Crippen molar-refractivity contribution in [1.82, 2.24) is 13.9 Å². The summed E-state index contributed by atoms with van der Waals surface area (Å²) < 4.78 is 33.7. The number of ether oxygens (including phenoxy) is 1. The first-order valence-electron chi connectivity index (χ1n) is 11.9. The molecule has 0 aliphatic carbocycles. The van der Waals surface area contributed by atoms with Crippen LogP contribution in [0.5, 0.6) is 0 Å². The number of carbonyl (C=O) groups is 2. The first kappa shape index (κ1) is 25.7. The van der Waals surface area contributed by atoms with E-state index in [-0.39, 0.29) is 28.6 Å². The van der Waals surface area contributed by atoms with Crippen molar-refractivity contribution in [3.8, 4) is 0 Å². The van der Waals surface area contributed by atoms with Crippen molar-refractivity contribution in [1.29, 1.82) is 0 Å². The van der Waals surface area contributed by atoms with Crippen LogP contribution in [0.25, 0.3) is 10.9 Å². The number of amides is 1. The van der Waals surface area contributed by atoms with E-state index in [1.807, 2.05) is 46.4 Å². The van der Waals surface area contributed by atoms with Crippen molar-refractivity contribution >= 4 is 39.1 Å². The molecule has 3 aromatic rings. The minimum absolute atomic E-state index is 0.133. The van der Waals surface area contributed by atoms with Crippen LogP contribution in [0.4, 0.5) is 10.6 Å². The Bertz CT molecular complexity index is 1410. The van der Waals surface area contributed by atoms with Gasteiger partial charge in [-0.15, -0.1) is 0 Å². The second-order valence-corrected chi connectivity index (χ2v) is 12.1. The first-order chi connectivity index (χ1) is 16.8. The lowest BCUT2D eigenvalue weighted by Gasteiger charge is -2.44. The van der Waals surface area contributed by atoms with Crippen LogP contribution in [-0.4, -0.2) is 65.4 Å². The number of pyridine rings is 1. The Morgan fingerprint density at radius 2 is 1.75 bits per heavy atom. The van der Waals surface area contributed by atoms with E-state index < -0.39 is 15.6 Å². The van der Waals surface area contributed by atoms with E-state index in [2.05, 4.69) is 4.98 Å². The molecule has 4 rings (SSSR count). The summed E-state index contributed by atoms with van der Waals surface area (Å²) in [6.45, 7) is 12.1. The van der Waals surface area contributed by atoms with Crippen LogP contribution in [-0.2, 0) is 14.8 Å². The molecule has 0 saturated carbocycles. The summed E-state index contributed by atoms with van der Waals surface area (Å²) in [5, 5.41) is 0.466. The Balaban J connectivity index is 1.75. The maximum absolute atomic E-state index is 13.5. The normalized spacial score (nSPS) is 18.9. The molecule has 0 N–H and O–H groups in total. The molecule has 0 spiro atoms. The van der Waals surface area contributed by atoms with Gasteiger partial charge in [-0.05, 0) is 59.7 Å². The number of hydrogen-bond acceptors (Lipinski definition) is 7. The molecule has 1 aliphatic heterocycles. The quantitative estimate of drug-likeness (QED) is 0.482. The smallest absolute Gasteiger partial charge is 0.410 e. The summed E-state index contributed by atoms with van der Waals surface area (Å²) in [5.74, 6) is 0.510. The lowest BCUT2D eigenvalue weighted by molar-refractivity contribution is 0.0130. The van der Waals surface area contributed by atoms with Crippen molar-refractivity contribution in [3.05, 3.63) is 53.9 Å². The largest absolute Gasteiger partial charge is 0.444 e. The fourth-order valence-electron chi connectivity index (χ4n) is 4.49. The summed E-state index contributed by atoms with van der Waals surface area (Å²) in [6, 6.07) is 7.84. The van der Waals surface area contributed by atoms with Gasteiger partial charge in [0.25, 0.3) is 10.0 Å². The molecular weight excluding hydrogens is 480 g/mol. The van der Waals surface area contributed by atoms with Crippen LogP contribution in [0.15, 0.2) is 47.6 Å². The Hall–Kier alpha value is -3.40. The number of carbonyl (C=O) groups excluding carboxylic acids is 2. The second-order valence-electron chi connectivity index (χ2n) is 10.3. The molecule has 36 heavy (non-hydrogen) atoms. The van der Waals surface area contributed by atoms with Crippen molar-refractivity contribution in [2.45, 2.75) is 64.1 Å². The second kappa shape index (κ2) is 9.24. The number of rotatable bonds is 4. The van der Waals surface area contributed by atoms with Gasteiger partial charge in [-0.3, -0.25) is 4.79 Å². The molecule has 2 atom stereocenters. The summed E-state index contributed by atoms with van der Waals surface area (Å²) in [6.07, 6.45) is 3.17. The number of anilines is 1. The number of aromatic nitrogens is 2. The van der Waals surface area contributed by atoms with Crippen LogP contribution < -0.4 is 4.90 Å². The first-order valence-corrected chi connectivity index (χ1v) is 13.3. The zero-order chi connectivity index (χ0) is 26.4. The van der Waals surface area contributed by atoms with E-state index in [4.69, 9.17) is 4.74 Å². The lowest BCUT2D eigenvalue weighted by atomic mass is 10.1. The molecule has 9 nitrogen and oxygen atoms in total. The van der Waals surface area contributed by atoms with Crippen LogP contribution in [0.3, 0.4) is 0 Å². The Morgan fingerprint density at radius 1 is 1.08 bits per heavy atom. The molecule has 2 aromatic heterocycles. The number of fused-ring (bicyclic) bond motifs is 1. The van der Waals surface area contributed by atoms with Gasteiger partial charge in [-0.2, -0.15) is 0 Å². The molecule has 1 fully saturated rings. The highest BCUT2D eigenvalue weighted by atomic mass is 32.2. The van der Waals surface area contributed by atoms with Crippen LogP contribution in [0, 0.1) is 6.92 Å². The van der Waals surface area contributed by atoms with E-state index >= 15 is 0 Å². The number of piperazine rings is 1. The Morgan fingerprint density at radius 3 is 2.36 bits per heavy atom. The maximum atomic E-state index is 13.5. The van der Waals surface area contributed by atoms with Gasteiger partial charge in [0.2, 0.25) is 0 Å². The number of hydrogen-bond donors (Lipinski definition) is 0. The van der Waals surface area contributed by atoms with Gasteiger partial charge in [0.1, 0.15) is 11.4 Å². The summed E-state index contributed by atoms with van der Waals surface area (Å²) in [5.41, 5.74) is 0.949. The number of benzene rings is 1. The van der Waals surface area contributed by atoms with Crippen molar-refractivity contribution in [2.24, 2.45) is 0 Å². The SMILES string of the molecule is Cc1ccc(S(=O)(=O)n2cc(C=O)c3c(N4C[C@@H](C)N(C(=O)OC(C)(C)C)C[C@@H]4C)nccc32)cc1.